The molecule has 0 aliphatic rings. The fraction of sp³-hybridized carbons (Fsp3) is 0.333. The number of H-pyrrole nitrogens is 1. The number of para-hydroxylation sites is 2. The normalized spacial score (nSPS) is 8.90. The number of unbranched alkanes of at least 4 members (excludes halogenated alkanes) is 1. The lowest BCUT2D eigenvalue weighted by Crippen LogP contribution is -1.86. The van der Waals surface area contributed by atoms with Crippen LogP contribution in [0.4, 0.5) is 4.79 Å². The Hall–Kier alpha value is -2.30. The van der Waals surface area contributed by atoms with Crippen molar-refractivity contribution < 1.29 is 15.0 Å². The van der Waals surface area contributed by atoms with Crippen LogP contribution in [0.15, 0.2) is 36.9 Å². The summed E-state index contributed by atoms with van der Waals surface area (Å²) in [6.07, 6.45) is 3.40. The highest BCUT2D eigenvalue weighted by atomic mass is 16.6. The Bertz CT molecular complexity index is 484. The molecule has 1 aromatic carbocycles. The number of nitrogens with zero attached hydrogens (tertiary/aromatic N) is 1. The number of carboxylic acid groups (broad SMARTS) is 2. The van der Waals surface area contributed by atoms with Crippen LogP contribution in [-0.4, -0.2) is 26.3 Å². The van der Waals surface area contributed by atoms with Crippen molar-refractivity contribution in [3.8, 4) is 0 Å². The van der Waals surface area contributed by atoms with Gasteiger partial charge in [-0.3, -0.25) is 0 Å². The van der Waals surface area contributed by atoms with E-state index in [0.29, 0.717) is 0 Å². The molecular weight excluding hydrogens is 256 g/mol. The van der Waals surface area contributed by atoms with Crippen LogP contribution >= 0.6 is 0 Å². The molecule has 20 heavy (non-hydrogen) atoms. The Morgan fingerprint density at radius 1 is 1.40 bits per heavy atom. The molecule has 5 heteroatoms. The van der Waals surface area contributed by atoms with E-state index in [9.17, 15) is 0 Å². The van der Waals surface area contributed by atoms with E-state index in [4.69, 9.17) is 15.0 Å². The number of rotatable bonds is 3. The molecule has 0 saturated heterocycles. The van der Waals surface area contributed by atoms with Crippen LogP contribution in [0, 0.1) is 0 Å². The van der Waals surface area contributed by atoms with Crippen molar-refractivity contribution in [2.45, 2.75) is 33.1 Å². The minimum Gasteiger partial charge on any atom is -0.450 e. The van der Waals surface area contributed by atoms with Gasteiger partial charge in [0.25, 0.3) is 0 Å². The molecule has 0 fully saturated rings. The van der Waals surface area contributed by atoms with Gasteiger partial charge in [-0.25, -0.2) is 9.78 Å². The molecule has 0 aliphatic carbocycles. The molecular formula is C15H22N2O3. The van der Waals surface area contributed by atoms with E-state index in [1.54, 1.807) is 6.08 Å². The van der Waals surface area contributed by atoms with Crippen LogP contribution in [0.5, 0.6) is 0 Å². The second-order valence-corrected chi connectivity index (χ2v) is 4.00. The standard InChI is InChI=1S/C11H14N2.C3H6.CH2O3/c1-2-3-8-11-12-9-6-4-5-7-10(9)13-11;1-3-2;2-1(3)4/h4-7H,2-3,8H2,1H3,(H,12,13);3H,1H2,2H3;(H2,2,3,4). The van der Waals surface area contributed by atoms with Gasteiger partial charge < -0.3 is 15.2 Å². The summed E-state index contributed by atoms with van der Waals surface area (Å²) in [6, 6.07) is 8.16. The van der Waals surface area contributed by atoms with Gasteiger partial charge in [-0.15, -0.1) is 6.58 Å². The third-order valence-electron chi connectivity index (χ3n) is 2.21. The first-order valence-electron chi connectivity index (χ1n) is 6.47. The summed E-state index contributed by atoms with van der Waals surface area (Å²) in [6.45, 7) is 7.45. The van der Waals surface area contributed by atoms with Gasteiger partial charge in [0.05, 0.1) is 11.0 Å². The van der Waals surface area contributed by atoms with Crippen molar-refractivity contribution in [1.29, 1.82) is 0 Å². The first-order chi connectivity index (χ1) is 9.54. The SMILES string of the molecule is C=CC.CCCCc1nc2ccccc2[nH]1.O=C(O)O. The Balaban J connectivity index is 0.000000438. The number of hydrogen-bond donors (Lipinski definition) is 3. The maximum atomic E-state index is 8.56. The van der Waals surface area contributed by atoms with E-state index in [2.05, 4.69) is 29.5 Å². The summed E-state index contributed by atoms with van der Waals surface area (Å²) < 4.78 is 0. The molecule has 0 spiro atoms. The second-order valence-electron chi connectivity index (χ2n) is 4.00. The van der Waals surface area contributed by atoms with E-state index in [0.717, 1.165) is 23.3 Å². The number of aromatic amines is 1. The first kappa shape index (κ1) is 17.7. The number of imidazole rings is 1. The van der Waals surface area contributed by atoms with E-state index in [1.165, 1.54) is 12.8 Å². The van der Waals surface area contributed by atoms with Gasteiger partial charge in [0.2, 0.25) is 0 Å². The third-order valence-corrected chi connectivity index (χ3v) is 2.21. The molecule has 3 N–H and O–H groups in total. The Morgan fingerprint density at radius 2 is 1.95 bits per heavy atom. The first-order valence-corrected chi connectivity index (χ1v) is 6.47. The zero-order valence-corrected chi connectivity index (χ0v) is 12.0. The van der Waals surface area contributed by atoms with Gasteiger partial charge in [0.1, 0.15) is 5.82 Å². The average Bonchev–Trinajstić information content (AvgIpc) is 2.79. The Labute approximate surface area is 119 Å². The quantitative estimate of drug-likeness (QED) is 0.730. The van der Waals surface area contributed by atoms with E-state index in [1.807, 2.05) is 25.1 Å². The predicted molar refractivity (Wildman–Crippen MR) is 81.2 cm³/mol. The molecule has 0 saturated carbocycles. The van der Waals surface area contributed by atoms with Crippen molar-refractivity contribution in [1.82, 2.24) is 9.97 Å². The number of aryl methyl sites for hydroxylation is 1. The van der Waals surface area contributed by atoms with Gasteiger partial charge in [-0.2, -0.15) is 0 Å². The van der Waals surface area contributed by atoms with Gasteiger partial charge in [-0.05, 0) is 25.5 Å². The maximum absolute atomic E-state index is 8.56. The number of aromatic nitrogens is 2. The van der Waals surface area contributed by atoms with Crippen molar-refractivity contribution in [2.24, 2.45) is 0 Å². The van der Waals surface area contributed by atoms with Gasteiger partial charge >= 0.3 is 6.16 Å². The zero-order chi connectivity index (χ0) is 15.4. The van der Waals surface area contributed by atoms with Crippen molar-refractivity contribution >= 4 is 17.2 Å². The summed E-state index contributed by atoms with van der Waals surface area (Å²) in [5, 5.41) is 13.9. The number of carbonyl (C=O) groups is 1. The highest BCUT2D eigenvalue weighted by molar-refractivity contribution is 5.74. The Kier molecular flexibility index (Phi) is 9.39. The van der Waals surface area contributed by atoms with E-state index in [-0.39, 0.29) is 0 Å². The van der Waals surface area contributed by atoms with Gasteiger partial charge in [0, 0.05) is 6.42 Å². The van der Waals surface area contributed by atoms with Crippen molar-refractivity contribution in [3.63, 3.8) is 0 Å². The van der Waals surface area contributed by atoms with Crippen LogP contribution in [0.3, 0.4) is 0 Å². The predicted octanol–water partition coefficient (Wildman–Crippen LogP) is 4.32. The van der Waals surface area contributed by atoms with Gasteiger partial charge in [0.15, 0.2) is 0 Å². The highest BCUT2D eigenvalue weighted by Gasteiger charge is 1.99. The number of hydrogen-bond acceptors (Lipinski definition) is 2. The fourth-order valence-corrected chi connectivity index (χ4v) is 1.47. The third kappa shape index (κ3) is 7.92. The van der Waals surface area contributed by atoms with Crippen LogP contribution < -0.4 is 0 Å². The monoisotopic (exact) mass is 278 g/mol. The van der Waals surface area contributed by atoms with Crippen molar-refractivity contribution in [2.75, 3.05) is 0 Å². The topological polar surface area (TPSA) is 86.2 Å². The summed E-state index contributed by atoms with van der Waals surface area (Å²) in [5.74, 6) is 1.11. The number of fused-ring (bicyclic) bond motifs is 1. The summed E-state index contributed by atoms with van der Waals surface area (Å²) >= 11 is 0. The summed E-state index contributed by atoms with van der Waals surface area (Å²) in [5.41, 5.74) is 2.22. The smallest absolute Gasteiger partial charge is 0.450 e. The molecule has 0 unspecified atom stereocenters. The highest BCUT2D eigenvalue weighted by Crippen LogP contribution is 2.11. The molecule has 0 bridgehead atoms. The lowest BCUT2D eigenvalue weighted by molar-refractivity contribution is 0.137. The molecule has 0 radical (unpaired) electrons. The van der Waals surface area contributed by atoms with Gasteiger partial charge in [-0.1, -0.05) is 31.6 Å². The largest absolute Gasteiger partial charge is 0.503 e. The number of allylic oxidation sites excluding steroid dienone is 1. The molecule has 2 rings (SSSR count). The summed E-state index contributed by atoms with van der Waals surface area (Å²) in [7, 11) is 0. The molecule has 1 heterocycles. The minimum absolute atomic E-state index is 1.06. The Morgan fingerprint density at radius 3 is 2.45 bits per heavy atom. The van der Waals surface area contributed by atoms with Crippen LogP contribution in [0.2, 0.25) is 0 Å². The van der Waals surface area contributed by atoms with E-state index >= 15 is 0 Å². The minimum atomic E-state index is -1.83. The van der Waals surface area contributed by atoms with E-state index < -0.39 is 6.16 Å². The number of nitrogens with one attached hydrogen (secondary N) is 1. The molecule has 5 nitrogen and oxygen atoms in total. The zero-order valence-electron chi connectivity index (χ0n) is 12.0. The molecule has 2 aromatic rings. The molecule has 0 amide bonds. The lowest BCUT2D eigenvalue weighted by atomic mass is 10.2. The molecule has 0 atom stereocenters. The molecule has 0 aliphatic heterocycles. The second kappa shape index (κ2) is 10.6. The average molecular weight is 278 g/mol. The van der Waals surface area contributed by atoms with Crippen molar-refractivity contribution in [3.05, 3.63) is 42.7 Å². The summed E-state index contributed by atoms with van der Waals surface area (Å²) in [4.78, 5) is 16.4. The fourth-order valence-electron chi connectivity index (χ4n) is 1.47. The molecule has 1 aromatic heterocycles. The molecule has 110 valence electrons. The number of benzene rings is 1. The van der Waals surface area contributed by atoms with Crippen LogP contribution in [-0.2, 0) is 6.42 Å². The van der Waals surface area contributed by atoms with Crippen LogP contribution in [0.1, 0.15) is 32.5 Å². The van der Waals surface area contributed by atoms with Crippen LogP contribution in [0.25, 0.3) is 11.0 Å². The lowest BCUT2D eigenvalue weighted by Gasteiger charge is -1.90. The maximum Gasteiger partial charge on any atom is 0.503 e.